The van der Waals surface area contributed by atoms with Crippen molar-refractivity contribution in [2.75, 3.05) is 5.01 Å². The maximum Gasteiger partial charge on any atom is 0.0708 e. The van der Waals surface area contributed by atoms with Crippen LogP contribution in [0.3, 0.4) is 0 Å². The number of fused-ring (bicyclic) bond motifs is 1. The van der Waals surface area contributed by atoms with Crippen LogP contribution in [0.1, 0.15) is 5.56 Å². The van der Waals surface area contributed by atoms with Gasteiger partial charge in [-0.3, -0.25) is 4.98 Å². The fourth-order valence-corrected chi connectivity index (χ4v) is 2.77. The molecular formula is C22H17N3. The van der Waals surface area contributed by atoms with Gasteiger partial charge < -0.3 is 0 Å². The van der Waals surface area contributed by atoms with Crippen molar-refractivity contribution in [3.05, 3.63) is 103 Å². The van der Waals surface area contributed by atoms with Gasteiger partial charge in [-0.05, 0) is 36.4 Å². The molecular weight excluding hydrogens is 306 g/mol. The summed E-state index contributed by atoms with van der Waals surface area (Å²) in [6, 6.07) is 30.4. The maximum atomic E-state index is 4.77. The number of benzene rings is 3. The van der Waals surface area contributed by atoms with E-state index in [0.29, 0.717) is 0 Å². The summed E-state index contributed by atoms with van der Waals surface area (Å²) in [5, 5.41) is 7.80. The molecule has 0 amide bonds. The molecule has 0 saturated heterocycles. The van der Waals surface area contributed by atoms with E-state index in [2.05, 4.69) is 35.3 Å². The first-order chi connectivity index (χ1) is 12.4. The highest BCUT2D eigenvalue weighted by Crippen LogP contribution is 2.25. The highest BCUT2D eigenvalue weighted by atomic mass is 15.5. The molecule has 4 rings (SSSR count). The van der Waals surface area contributed by atoms with Crippen molar-refractivity contribution in [2.45, 2.75) is 0 Å². The molecule has 0 fully saturated rings. The number of anilines is 2. The Kier molecular flexibility index (Phi) is 4.21. The summed E-state index contributed by atoms with van der Waals surface area (Å²) in [6.45, 7) is 0. The zero-order valence-electron chi connectivity index (χ0n) is 13.7. The minimum atomic E-state index is 0.970. The molecule has 120 valence electrons. The zero-order chi connectivity index (χ0) is 16.9. The van der Waals surface area contributed by atoms with Crippen LogP contribution in [0.15, 0.2) is 102 Å². The third-order valence-electron chi connectivity index (χ3n) is 4.00. The monoisotopic (exact) mass is 323 g/mol. The van der Waals surface area contributed by atoms with Crippen LogP contribution in [0.5, 0.6) is 0 Å². The van der Waals surface area contributed by atoms with E-state index < -0.39 is 0 Å². The minimum absolute atomic E-state index is 0.970. The number of hydrogen-bond acceptors (Lipinski definition) is 3. The van der Waals surface area contributed by atoms with Gasteiger partial charge >= 0.3 is 0 Å². The number of para-hydroxylation sites is 3. The van der Waals surface area contributed by atoms with Crippen molar-refractivity contribution in [2.24, 2.45) is 5.10 Å². The molecule has 0 unspecified atom stereocenters. The fourth-order valence-electron chi connectivity index (χ4n) is 2.77. The minimum Gasteiger partial charge on any atom is -0.256 e. The van der Waals surface area contributed by atoms with Crippen LogP contribution in [-0.2, 0) is 0 Å². The van der Waals surface area contributed by atoms with Crippen molar-refractivity contribution < 1.29 is 0 Å². The summed E-state index contributed by atoms with van der Waals surface area (Å²) < 4.78 is 0. The molecule has 1 aromatic heterocycles. The van der Waals surface area contributed by atoms with Gasteiger partial charge in [-0.2, -0.15) is 5.10 Å². The molecule has 0 bridgehead atoms. The van der Waals surface area contributed by atoms with Crippen LogP contribution in [0.25, 0.3) is 10.9 Å². The third kappa shape index (κ3) is 3.26. The van der Waals surface area contributed by atoms with E-state index in [9.17, 15) is 0 Å². The molecule has 4 aromatic rings. The average Bonchev–Trinajstić information content (AvgIpc) is 2.70. The van der Waals surface area contributed by atoms with Crippen molar-refractivity contribution in [3.63, 3.8) is 0 Å². The Balaban J connectivity index is 1.77. The molecule has 0 spiro atoms. The summed E-state index contributed by atoms with van der Waals surface area (Å²) in [5.41, 5.74) is 4.05. The zero-order valence-corrected chi connectivity index (χ0v) is 13.7. The second kappa shape index (κ2) is 6.97. The third-order valence-corrected chi connectivity index (χ3v) is 4.00. The highest BCUT2D eigenvalue weighted by molar-refractivity contribution is 5.98. The molecule has 0 aliphatic carbocycles. The Morgan fingerprint density at radius 3 is 1.96 bits per heavy atom. The average molecular weight is 323 g/mol. The molecule has 3 heteroatoms. The Bertz CT molecular complexity index is 950. The van der Waals surface area contributed by atoms with Crippen molar-refractivity contribution >= 4 is 28.5 Å². The first-order valence-corrected chi connectivity index (χ1v) is 8.20. The standard InChI is InChI=1S/C22H17N3/c1-3-9-19(10-4-1)25(20-11-5-2-6-12-20)24-17-18-15-16-23-22-14-8-7-13-21(18)22/h1-17H. The van der Waals surface area contributed by atoms with Gasteiger partial charge in [-0.15, -0.1) is 0 Å². The van der Waals surface area contributed by atoms with E-state index >= 15 is 0 Å². The fraction of sp³-hybridized carbons (Fsp3) is 0. The second-order valence-corrected chi connectivity index (χ2v) is 5.64. The van der Waals surface area contributed by atoms with Gasteiger partial charge in [0.1, 0.15) is 0 Å². The molecule has 0 radical (unpaired) electrons. The molecule has 0 atom stereocenters. The largest absolute Gasteiger partial charge is 0.256 e. The van der Waals surface area contributed by atoms with Gasteiger partial charge in [-0.1, -0.05) is 54.6 Å². The van der Waals surface area contributed by atoms with Crippen molar-refractivity contribution in [3.8, 4) is 0 Å². The lowest BCUT2D eigenvalue weighted by atomic mass is 10.1. The highest BCUT2D eigenvalue weighted by Gasteiger charge is 2.07. The summed E-state index contributed by atoms with van der Waals surface area (Å²) in [6.07, 6.45) is 3.71. The SMILES string of the molecule is C(=NN(c1ccccc1)c1ccccc1)c1ccnc2ccccc12. The topological polar surface area (TPSA) is 28.5 Å². The predicted octanol–water partition coefficient (Wildman–Crippen LogP) is 5.41. The van der Waals surface area contributed by atoms with Crippen LogP contribution in [0, 0.1) is 0 Å². The van der Waals surface area contributed by atoms with Crippen molar-refractivity contribution in [1.82, 2.24) is 4.98 Å². The molecule has 0 saturated carbocycles. The first-order valence-electron chi connectivity index (χ1n) is 8.20. The molecule has 0 aliphatic rings. The Morgan fingerprint density at radius 1 is 0.680 bits per heavy atom. The van der Waals surface area contributed by atoms with Crippen LogP contribution in [0.2, 0.25) is 0 Å². The summed E-state index contributed by atoms with van der Waals surface area (Å²) >= 11 is 0. The van der Waals surface area contributed by atoms with Gasteiger partial charge in [-0.25, -0.2) is 5.01 Å². The number of nitrogens with zero attached hydrogens (tertiary/aromatic N) is 3. The number of hydrogen-bond donors (Lipinski definition) is 0. The number of pyridine rings is 1. The van der Waals surface area contributed by atoms with Gasteiger partial charge in [0.05, 0.1) is 23.1 Å². The molecule has 0 aliphatic heterocycles. The quantitative estimate of drug-likeness (QED) is 0.371. The number of hydrazone groups is 1. The maximum absolute atomic E-state index is 4.77. The summed E-state index contributed by atoms with van der Waals surface area (Å²) in [4.78, 5) is 4.41. The van der Waals surface area contributed by atoms with E-state index in [1.54, 1.807) is 0 Å². The van der Waals surface area contributed by atoms with E-state index in [1.165, 1.54) is 0 Å². The molecule has 1 heterocycles. The summed E-state index contributed by atoms with van der Waals surface area (Å²) in [5.74, 6) is 0. The lowest BCUT2D eigenvalue weighted by Gasteiger charge is -2.19. The van der Waals surface area contributed by atoms with E-state index in [4.69, 9.17) is 5.10 Å². The summed E-state index contributed by atoms with van der Waals surface area (Å²) in [7, 11) is 0. The van der Waals surface area contributed by atoms with Crippen LogP contribution < -0.4 is 5.01 Å². The number of aromatic nitrogens is 1. The lowest BCUT2D eigenvalue weighted by Crippen LogP contribution is -2.09. The Labute approximate surface area is 146 Å². The predicted molar refractivity (Wildman–Crippen MR) is 104 cm³/mol. The normalized spacial score (nSPS) is 11.0. The molecule has 3 aromatic carbocycles. The van der Waals surface area contributed by atoms with Crippen LogP contribution in [0.4, 0.5) is 11.4 Å². The molecule has 3 nitrogen and oxygen atoms in total. The number of rotatable bonds is 4. The smallest absolute Gasteiger partial charge is 0.0708 e. The van der Waals surface area contributed by atoms with E-state index in [1.807, 2.05) is 78.1 Å². The van der Waals surface area contributed by atoms with E-state index in [-0.39, 0.29) is 0 Å². The van der Waals surface area contributed by atoms with E-state index in [0.717, 1.165) is 27.8 Å². The first kappa shape index (κ1) is 15.1. The van der Waals surface area contributed by atoms with Gasteiger partial charge in [0, 0.05) is 17.1 Å². The van der Waals surface area contributed by atoms with Crippen molar-refractivity contribution in [1.29, 1.82) is 0 Å². The van der Waals surface area contributed by atoms with Gasteiger partial charge in [0.15, 0.2) is 0 Å². The second-order valence-electron chi connectivity index (χ2n) is 5.64. The Hall–Kier alpha value is -3.46. The molecule has 25 heavy (non-hydrogen) atoms. The lowest BCUT2D eigenvalue weighted by molar-refractivity contribution is 1.09. The van der Waals surface area contributed by atoms with Gasteiger partial charge in [0.25, 0.3) is 0 Å². The molecule has 0 N–H and O–H groups in total. The van der Waals surface area contributed by atoms with Crippen LogP contribution >= 0.6 is 0 Å². The van der Waals surface area contributed by atoms with Crippen LogP contribution in [-0.4, -0.2) is 11.2 Å². The Morgan fingerprint density at radius 2 is 1.28 bits per heavy atom. The van der Waals surface area contributed by atoms with Gasteiger partial charge in [0.2, 0.25) is 0 Å².